The molecule has 0 saturated carbocycles. The molecule has 98 valence electrons. The number of ether oxygens (including phenoxy) is 1. The number of Topliss-reactive ketones (excluding diaryl/α,β-unsaturated/α-hetero) is 1. The zero-order chi connectivity index (χ0) is 13.0. The fourth-order valence-electron chi connectivity index (χ4n) is 2.44. The van der Waals surface area contributed by atoms with Gasteiger partial charge in [-0.2, -0.15) is 0 Å². The highest BCUT2D eigenvalue weighted by molar-refractivity contribution is 5.99. The summed E-state index contributed by atoms with van der Waals surface area (Å²) >= 11 is 0. The molecule has 0 aromatic rings. The van der Waals surface area contributed by atoms with Gasteiger partial charge in [0, 0.05) is 25.6 Å². The van der Waals surface area contributed by atoms with Crippen LogP contribution in [0.25, 0.3) is 0 Å². The van der Waals surface area contributed by atoms with Crippen LogP contribution in [-0.2, 0) is 14.3 Å². The van der Waals surface area contributed by atoms with Crippen LogP contribution in [0.2, 0.25) is 0 Å². The Hall–Kier alpha value is -0.900. The molecule has 4 nitrogen and oxygen atoms in total. The van der Waals surface area contributed by atoms with Crippen LogP contribution in [-0.4, -0.2) is 42.9 Å². The molecule has 4 heteroatoms. The summed E-state index contributed by atoms with van der Waals surface area (Å²) < 4.78 is 4.68. The van der Waals surface area contributed by atoms with Gasteiger partial charge in [-0.05, 0) is 19.3 Å². The summed E-state index contributed by atoms with van der Waals surface area (Å²) in [5.41, 5.74) is 0. The van der Waals surface area contributed by atoms with Crippen molar-refractivity contribution in [1.29, 1.82) is 0 Å². The van der Waals surface area contributed by atoms with Gasteiger partial charge in [0.1, 0.15) is 11.7 Å². The van der Waals surface area contributed by atoms with Gasteiger partial charge in [0.25, 0.3) is 0 Å². The Morgan fingerprint density at radius 1 is 1.47 bits per heavy atom. The Balaban J connectivity index is 2.60. The predicted octanol–water partition coefficient (Wildman–Crippen LogP) is 1.48. The van der Waals surface area contributed by atoms with Crippen LogP contribution in [0, 0.1) is 11.8 Å². The van der Waals surface area contributed by atoms with Gasteiger partial charge < -0.3 is 4.74 Å². The Bertz CT molecular complexity index is 280. The van der Waals surface area contributed by atoms with Crippen molar-refractivity contribution in [2.45, 2.75) is 39.7 Å². The summed E-state index contributed by atoms with van der Waals surface area (Å²) in [6.07, 6.45) is 1.55. The highest BCUT2D eigenvalue weighted by atomic mass is 16.5. The van der Waals surface area contributed by atoms with E-state index in [0.29, 0.717) is 24.9 Å². The first kappa shape index (κ1) is 14.2. The Morgan fingerprint density at radius 3 is 2.65 bits per heavy atom. The summed E-state index contributed by atoms with van der Waals surface area (Å²) in [6, 6.07) is 0.412. The van der Waals surface area contributed by atoms with Crippen molar-refractivity contribution in [2.75, 3.05) is 20.2 Å². The highest BCUT2D eigenvalue weighted by Gasteiger charge is 2.35. The van der Waals surface area contributed by atoms with Gasteiger partial charge in [-0.15, -0.1) is 0 Å². The number of methoxy groups -OCH3 is 1. The van der Waals surface area contributed by atoms with Crippen LogP contribution in [0.3, 0.4) is 0 Å². The van der Waals surface area contributed by atoms with E-state index in [4.69, 9.17) is 0 Å². The molecule has 1 fully saturated rings. The molecule has 1 aliphatic rings. The molecular formula is C13H23NO3. The minimum absolute atomic E-state index is 0.0184. The predicted molar refractivity (Wildman–Crippen MR) is 65.6 cm³/mol. The third-order valence-corrected chi connectivity index (χ3v) is 3.37. The Morgan fingerprint density at radius 2 is 2.12 bits per heavy atom. The van der Waals surface area contributed by atoms with Crippen molar-refractivity contribution in [3.8, 4) is 0 Å². The van der Waals surface area contributed by atoms with Gasteiger partial charge in [0.2, 0.25) is 0 Å². The molecule has 1 aliphatic heterocycles. The lowest BCUT2D eigenvalue weighted by Crippen LogP contribution is -2.48. The highest BCUT2D eigenvalue weighted by Crippen LogP contribution is 2.20. The van der Waals surface area contributed by atoms with Crippen molar-refractivity contribution < 1.29 is 14.3 Å². The molecule has 1 rings (SSSR count). The molecule has 0 amide bonds. The molecule has 1 saturated heterocycles. The zero-order valence-corrected chi connectivity index (χ0v) is 11.2. The van der Waals surface area contributed by atoms with Gasteiger partial charge in [0.05, 0.1) is 7.11 Å². The number of hydrogen-bond acceptors (Lipinski definition) is 4. The monoisotopic (exact) mass is 241 g/mol. The molecule has 0 bridgehead atoms. The van der Waals surface area contributed by atoms with Crippen molar-refractivity contribution >= 4 is 11.8 Å². The SMILES string of the molecule is COC(=O)C1CN(C(C)CC(C)C)CCC1=O. The number of carbonyl (C=O) groups is 2. The van der Waals surface area contributed by atoms with Gasteiger partial charge in [-0.1, -0.05) is 13.8 Å². The molecule has 0 aromatic carbocycles. The van der Waals surface area contributed by atoms with Crippen molar-refractivity contribution in [1.82, 2.24) is 4.90 Å². The molecule has 0 N–H and O–H groups in total. The lowest BCUT2D eigenvalue weighted by atomic mass is 9.93. The van der Waals surface area contributed by atoms with Gasteiger partial charge in [0.15, 0.2) is 0 Å². The van der Waals surface area contributed by atoms with E-state index in [1.165, 1.54) is 7.11 Å². The fourth-order valence-corrected chi connectivity index (χ4v) is 2.44. The first-order valence-corrected chi connectivity index (χ1v) is 6.30. The maximum absolute atomic E-state index is 11.7. The van der Waals surface area contributed by atoms with E-state index >= 15 is 0 Å². The minimum Gasteiger partial charge on any atom is -0.468 e. The molecule has 2 atom stereocenters. The van der Waals surface area contributed by atoms with E-state index in [0.717, 1.165) is 13.0 Å². The average molecular weight is 241 g/mol. The number of rotatable bonds is 4. The number of likely N-dealkylation sites (tertiary alicyclic amines) is 1. The van der Waals surface area contributed by atoms with Gasteiger partial charge in [-0.3, -0.25) is 14.5 Å². The molecule has 0 aromatic heterocycles. The molecule has 0 aliphatic carbocycles. The minimum atomic E-state index is -0.580. The van der Waals surface area contributed by atoms with Crippen molar-refractivity contribution in [3.63, 3.8) is 0 Å². The van der Waals surface area contributed by atoms with E-state index < -0.39 is 11.9 Å². The van der Waals surface area contributed by atoms with Crippen LogP contribution in [0.5, 0.6) is 0 Å². The molecular weight excluding hydrogens is 218 g/mol. The van der Waals surface area contributed by atoms with Crippen molar-refractivity contribution in [3.05, 3.63) is 0 Å². The van der Waals surface area contributed by atoms with E-state index in [9.17, 15) is 9.59 Å². The van der Waals surface area contributed by atoms with Crippen LogP contribution >= 0.6 is 0 Å². The summed E-state index contributed by atoms with van der Waals surface area (Å²) in [6.45, 7) is 7.80. The van der Waals surface area contributed by atoms with E-state index in [1.807, 2.05) is 0 Å². The molecule has 17 heavy (non-hydrogen) atoms. The zero-order valence-electron chi connectivity index (χ0n) is 11.2. The van der Waals surface area contributed by atoms with Gasteiger partial charge >= 0.3 is 5.97 Å². The first-order valence-electron chi connectivity index (χ1n) is 6.30. The van der Waals surface area contributed by atoms with Gasteiger partial charge in [-0.25, -0.2) is 0 Å². The largest absolute Gasteiger partial charge is 0.468 e. The molecule has 1 heterocycles. The van der Waals surface area contributed by atoms with Crippen molar-refractivity contribution in [2.24, 2.45) is 11.8 Å². The molecule has 0 radical (unpaired) electrons. The normalized spacial score (nSPS) is 23.8. The molecule has 2 unspecified atom stereocenters. The summed E-state index contributed by atoms with van der Waals surface area (Å²) in [7, 11) is 1.34. The standard InChI is InChI=1S/C13H23NO3/c1-9(2)7-10(3)14-6-5-12(15)11(8-14)13(16)17-4/h9-11H,5-8H2,1-4H3. The van der Waals surface area contributed by atoms with E-state index in [-0.39, 0.29) is 5.78 Å². The number of ketones is 1. The lowest BCUT2D eigenvalue weighted by Gasteiger charge is -2.35. The van der Waals surface area contributed by atoms with Crippen LogP contribution < -0.4 is 0 Å². The maximum Gasteiger partial charge on any atom is 0.317 e. The summed E-state index contributed by atoms with van der Waals surface area (Å²) in [4.78, 5) is 25.4. The average Bonchev–Trinajstić information content (AvgIpc) is 2.27. The number of piperidine rings is 1. The molecule has 0 spiro atoms. The number of carbonyl (C=O) groups excluding carboxylic acids is 2. The topological polar surface area (TPSA) is 46.6 Å². The summed E-state index contributed by atoms with van der Waals surface area (Å²) in [5, 5.41) is 0. The van der Waals surface area contributed by atoms with E-state index in [2.05, 4.69) is 30.4 Å². The van der Waals surface area contributed by atoms with E-state index in [1.54, 1.807) is 0 Å². The quantitative estimate of drug-likeness (QED) is 0.552. The fraction of sp³-hybridized carbons (Fsp3) is 0.846. The second kappa shape index (κ2) is 6.15. The Labute approximate surface area is 103 Å². The second-order valence-electron chi connectivity index (χ2n) is 5.27. The third-order valence-electron chi connectivity index (χ3n) is 3.37. The number of hydrogen-bond donors (Lipinski definition) is 0. The number of esters is 1. The third kappa shape index (κ3) is 3.80. The Kier molecular flexibility index (Phi) is 5.12. The number of nitrogens with zero attached hydrogens (tertiary/aromatic N) is 1. The first-order chi connectivity index (χ1) is 7.95. The summed E-state index contributed by atoms with van der Waals surface area (Å²) in [5.74, 6) is -0.330. The van der Waals surface area contributed by atoms with Crippen LogP contribution in [0.15, 0.2) is 0 Å². The lowest BCUT2D eigenvalue weighted by molar-refractivity contribution is -0.152. The van der Waals surface area contributed by atoms with Crippen LogP contribution in [0.4, 0.5) is 0 Å². The second-order valence-corrected chi connectivity index (χ2v) is 5.27. The van der Waals surface area contributed by atoms with Crippen LogP contribution in [0.1, 0.15) is 33.6 Å². The smallest absolute Gasteiger partial charge is 0.317 e. The maximum atomic E-state index is 11.7.